The Kier molecular flexibility index (Phi) is 3.40. The minimum absolute atomic E-state index is 0.0193. The number of halogens is 2. The molecule has 1 atom stereocenters. The normalized spacial score (nSPS) is 18.5. The molecular weight excluding hydrogens is 280 g/mol. The van der Waals surface area contributed by atoms with E-state index >= 15 is 0 Å². The summed E-state index contributed by atoms with van der Waals surface area (Å²) < 4.78 is 32.1. The molecule has 0 saturated carbocycles. The lowest BCUT2D eigenvalue weighted by molar-refractivity contribution is -0.130. The standard InChI is InChI=1S/C14H13F2N3O2/c1-8-17-14(21-18-8)12-4-5-13(20)19(12)7-9-6-10(15)2-3-11(9)16/h2-3,6,12H,4-5,7H2,1H3. The van der Waals surface area contributed by atoms with E-state index in [1.54, 1.807) is 6.92 Å². The van der Waals surface area contributed by atoms with Crippen molar-refractivity contribution in [3.05, 3.63) is 47.1 Å². The first-order chi connectivity index (χ1) is 10.0. The number of likely N-dealkylation sites (tertiary alicyclic amines) is 1. The maximum atomic E-state index is 13.7. The van der Waals surface area contributed by atoms with E-state index < -0.39 is 11.6 Å². The number of carbonyl (C=O) groups is 1. The van der Waals surface area contributed by atoms with E-state index in [-0.39, 0.29) is 24.1 Å². The van der Waals surface area contributed by atoms with Gasteiger partial charge in [-0.25, -0.2) is 8.78 Å². The summed E-state index contributed by atoms with van der Waals surface area (Å²) in [6, 6.07) is 2.80. The third-order valence-corrected chi connectivity index (χ3v) is 3.51. The third-order valence-electron chi connectivity index (χ3n) is 3.51. The maximum absolute atomic E-state index is 13.7. The molecule has 0 spiro atoms. The lowest BCUT2D eigenvalue weighted by Crippen LogP contribution is -2.27. The summed E-state index contributed by atoms with van der Waals surface area (Å²) in [6.45, 7) is 1.66. The topological polar surface area (TPSA) is 59.2 Å². The van der Waals surface area contributed by atoms with Crippen molar-refractivity contribution in [3.8, 4) is 0 Å². The van der Waals surface area contributed by atoms with Crippen LogP contribution in [0.25, 0.3) is 0 Å². The van der Waals surface area contributed by atoms with Crippen molar-refractivity contribution in [1.82, 2.24) is 15.0 Å². The summed E-state index contributed by atoms with van der Waals surface area (Å²) in [4.78, 5) is 17.6. The number of aromatic nitrogens is 2. The molecule has 2 aromatic rings. The Morgan fingerprint density at radius 1 is 1.43 bits per heavy atom. The first-order valence-corrected chi connectivity index (χ1v) is 6.58. The average Bonchev–Trinajstić information content (AvgIpc) is 3.01. The molecule has 7 heteroatoms. The quantitative estimate of drug-likeness (QED) is 0.872. The van der Waals surface area contributed by atoms with Crippen molar-refractivity contribution in [2.24, 2.45) is 0 Å². The molecule has 1 aliphatic rings. The third kappa shape index (κ3) is 2.63. The van der Waals surface area contributed by atoms with E-state index in [2.05, 4.69) is 10.1 Å². The fourth-order valence-corrected chi connectivity index (χ4v) is 2.49. The van der Waals surface area contributed by atoms with Crippen LogP contribution < -0.4 is 0 Å². The number of carbonyl (C=O) groups excluding carboxylic acids is 1. The zero-order valence-corrected chi connectivity index (χ0v) is 11.3. The summed E-state index contributed by atoms with van der Waals surface area (Å²) in [6.07, 6.45) is 0.848. The van der Waals surface area contributed by atoms with Crippen molar-refractivity contribution >= 4 is 5.91 Å². The summed E-state index contributed by atoms with van der Waals surface area (Å²) in [5, 5.41) is 3.70. The van der Waals surface area contributed by atoms with Gasteiger partial charge in [0.25, 0.3) is 0 Å². The second-order valence-electron chi connectivity index (χ2n) is 4.99. The van der Waals surface area contributed by atoms with E-state index in [4.69, 9.17) is 4.52 Å². The Balaban J connectivity index is 1.88. The van der Waals surface area contributed by atoms with E-state index in [1.165, 1.54) is 4.90 Å². The van der Waals surface area contributed by atoms with Crippen molar-refractivity contribution in [2.75, 3.05) is 0 Å². The molecular formula is C14H13F2N3O2. The molecule has 0 radical (unpaired) electrons. The van der Waals surface area contributed by atoms with Crippen LogP contribution in [-0.2, 0) is 11.3 Å². The number of rotatable bonds is 3. The SMILES string of the molecule is Cc1noc(C2CCC(=O)N2Cc2cc(F)ccc2F)n1. The smallest absolute Gasteiger partial charge is 0.249 e. The highest BCUT2D eigenvalue weighted by Crippen LogP contribution is 2.33. The zero-order chi connectivity index (χ0) is 15.0. The van der Waals surface area contributed by atoms with Crippen LogP contribution in [0.15, 0.2) is 22.7 Å². The molecule has 1 aromatic carbocycles. The Morgan fingerprint density at radius 2 is 2.24 bits per heavy atom. The molecule has 1 amide bonds. The molecule has 110 valence electrons. The second-order valence-corrected chi connectivity index (χ2v) is 4.99. The Morgan fingerprint density at radius 3 is 2.95 bits per heavy atom. The fourth-order valence-electron chi connectivity index (χ4n) is 2.49. The number of aryl methyl sites for hydroxylation is 1. The lowest BCUT2D eigenvalue weighted by Gasteiger charge is -2.22. The van der Waals surface area contributed by atoms with Gasteiger partial charge in [0.2, 0.25) is 11.8 Å². The van der Waals surface area contributed by atoms with Gasteiger partial charge < -0.3 is 9.42 Å². The van der Waals surface area contributed by atoms with Gasteiger partial charge in [0.05, 0.1) is 0 Å². The van der Waals surface area contributed by atoms with Crippen LogP contribution in [0, 0.1) is 18.6 Å². The molecule has 0 N–H and O–H groups in total. The largest absolute Gasteiger partial charge is 0.337 e. The highest BCUT2D eigenvalue weighted by molar-refractivity contribution is 5.78. The minimum Gasteiger partial charge on any atom is -0.337 e. The highest BCUT2D eigenvalue weighted by Gasteiger charge is 2.36. The first-order valence-electron chi connectivity index (χ1n) is 6.58. The first kappa shape index (κ1) is 13.7. The number of hydrogen-bond acceptors (Lipinski definition) is 4. The summed E-state index contributed by atoms with van der Waals surface area (Å²) in [5.41, 5.74) is 0.131. The summed E-state index contributed by atoms with van der Waals surface area (Å²) in [5.74, 6) is -0.421. The highest BCUT2D eigenvalue weighted by atomic mass is 19.1. The van der Waals surface area contributed by atoms with Gasteiger partial charge in [-0.1, -0.05) is 5.16 Å². The van der Waals surface area contributed by atoms with Gasteiger partial charge >= 0.3 is 0 Å². The molecule has 5 nitrogen and oxygen atoms in total. The molecule has 1 unspecified atom stereocenters. The Labute approximate surface area is 119 Å². The molecule has 0 aliphatic carbocycles. The van der Waals surface area contributed by atoms with Crippen LogP contribution in [0.1, 0.15) is 36.2 Å². The monoisotopic (exact) mass is 293 g/mol. The van der Waals surface area contributed by atoms with Gasteiger partial charge in [-0.2, -0.15) is 4.98 Å². The van der Waals surface area contributed by atoms with E-state index in [1.807, 2.05) is 0 Å². The molecule has 1 aromatic heterocycles. The average molecular weight is 293 g/mol. The van der Waals surface area contributed by atoms with Crippen LogP contribution in [0.3, 0.4) is 0 Å². The van der Waals surface area contributed by atoms with Crippen molar-refractivity contribution < 1.29 is 18.1 Å². The van der Waals surface area contributed by atoms with Crippen LogP contribution in [-0.4, -0.2) is 20.9 Å². The number of benzene rings is 1. The molecule has 1 aliphatic heterocycles. The maximum Gasteiger partial charge on any atom is 0.249 e. The van der Waals surface area contributed by atoms with Crippen molar-refractivity contribution in [1.29, 1.82) is 0 Å². The molecule has 1 saturated heterocycles. The number of hydrogen-bond donors (Lipinski definition) is 0. The van der Waals surface area contributed by atoms with E-state index in [0.717, 1.165) is 18.2 Å². The zero-order valence-electron chi connectivity index (χ0n) is 11.3. The van der Waals surface area contributed by atoms with Gasteiger partial charge in [-0.05, 0) is 31.5 Å². The van der Waals surface area contributed by atoms with Gasteiger partial charge in [0.15, 0.2) is 5.82 Å². The van der Waals surface area contributed by atoms with E-state index in [0.29, 0.717) is 24.6 Å². The predicted molar refractivity (Wildman–Crippen MR) is 67.9 cm³/mol. The molecule has 3 rings (SSSR count). The minimum atomic E-state index is -0.545. The van der Waals surface area contributed by atoms with Crippen LogP contribution in [0.5, 0.6) is 0 Å². The van der Waals surface area contributed by atoms with Crippen molar-refractivity contribution in [2.45, 2.75) is 32.4 Å². The molecule has 0 bridgehead atoms. The number of amides is 1. The van der Waals surface area contributed by atoms with Crippen LogP contribution in [0.2, 0.25) is 0 Å². The summed E-state index contributed by atoms with van der Waals surface area (Å²) >= 11 is 0. The Bertz CT molecular complexity index is 687. The van der Waals surface area contributed by atoms with Crippen LogP contribution >= 0.6 is 0 Å². The van der Waals surface area contributed by atoms with Gasteiger partial charge in [0, 0.05) is 18.5 Å². The van der Waals surface area contributed by atoms with Crippen LogP contribution in [0.4, 0.5) is 8.78 Å². The van der Waals surface area contributed by atoms with Gasteiger partial charge in [-0.15, -0.1) is 0 Å². The predicted octanol–water partition coefficient (Wildman–Crippen LogP) is 2.52. The molecule has 21 heavy (non-hydrogen) atoms. The van der Waals surface area contributed by atoms with E-state index in [9.17, 15) is 13.6 Å². The second kappa shape index (κ2) is 5.23. The molecule has 2 heterocycles. The number of nitrogens with zero attached hydrogens (tertiary/aromatic N) is 3. The summed E-state index contributed by atoms with van der Waals surface area (Å²) in [7, 11) is 0. The van der Waals surface area contributed by atoms with Crippen molar-refractivity contribution in [3.63, 3.8) is 0 Å². The van der Waals surface area contributed by atoms with Gasteiger partial charge in [0.1, 0.15) is 17.7 Å². The fraction of sp³-hybridized carbons (Fsp3) is 0.357. The van der Waals surface area contributed by atoms with Gasteiger partial charge in [-0.3, -0.25) is 4.79 Å². The lowest BCUT2D eigenvalue weighted by atomic mass is 10.1. The molecule has 1 fully saturated rings. The Hall–Kier alpha value is -2.31.